The van der Waals surface area contributed by atoms with Crippen LogP contribution < -0.4 is 10.6 Å². The van der Waals surface area contributed by atoms with Crippen LogP contribution in [0.5, 0.6) is 0 Å². The summed E-state index contributed by atoms with van der Waals surface area (Å²) in [5.74, 6) is 0.140. The molecule has 1 aromatic rings. The van der Waals surface area contributed by atoms with Gasteiger partial charge in [0.25, 0.3) is 0 Å². The Hall–Kier alpha value is -1.51. The number of rotatable bonds is 4. The molecule has 1 unspecified atom stereocenters. The summed E-state index contributed by atoms with van der Waals surface area (Å²) in [5.41, 5.74) is 2.10. The van der Waals surface area contributed by atoms with E-state index in [2.05, 4.69) is 37.5 Å². The highest BCUT2D eigenvalue weighted by Crippen LogP contribution is 2.31. The lowest BCUT2D eigenvalue weighted by molar-refractivity contribution is -0.124. The average Bonchev–Trinajstić information content (AvgIpc) is 2.37. The van der Waals surface area contributed by atoms with E-state index in [0.29, 0.717) is 0 Å². The lowest BCUT2D eigenvalue weighted by Gasteiger charge is -2.31. The summed E-state index contributed by atoms with van der Waals surface area (Å²) < 4.78 is 0. The lowest BCUT2D eigenvalue weighted by atomic mass is 9.88. The van der Waals surface area contributed by atoms with E-state index in [4.69, 9.17) is 0 Å². The zero-order valence-corrected chi connectivity index (χ0v) is 12.1. The molecule has 1 amide bonds. The molecule has 1 heterocycles. The van der Waals surface area contributed by atoms with Crippen molar-refractivity contribution in [3.63, 3.8) is 0 Å². The molecule has 2 N–H and O–H groups in total. The van der Waals surface area contributed by atoms with Crippen LogP contribution in [-0.2, 0) is 4.79 Å². The summed E-state index contributed by atoms with van der Waals surface area (Å²) in [6, 6.07) is 8.11. The minimum absolute atomic E-state index is 0.0198. The molecule has 1 aliphatic heterocycles. The average molecular weight is 260 g/mol. The molecule has 1 atom stereocenters. The van der Waals surface area contributed by atoms with Crippen molar-refractivity contribution >= 4 is 11.6 Å². The van der Waals surface area contributed by atoms with Gasteiger partial charge in [-0.2, -0.15) is 0 Å². The quantitative estimate of drug-likeness (QED) is 0.872. The predicted octanol–water partition coefficient (Wildman–Crippen LogP) is 3.28. The maximum atomic E-state index is 12.5. The molecule has 1 aliphatic rings. The molecule has 3 nitrogen and oxygen atoms in total. The van der Waals surface area contributed by atoms with Gasteiger partial charge in [-0.1, -0.05) is 31.5 Å². The standard InChI is InChI=1S/C16H24N2O/c1-4-10-16(2,3)18-15(19)13-9-11-17-14-8-6-5-7-12(13)14/h5-8,13,17H,4,9-11H2,1-3H3,(H,18,19). The maximum absolute atomic E-state index is 12.5. The van der Waals surface area contributed by atoms with Gasteiger partial charge in [-0.15, -0.1) is 0 Å². The van der Waals surface area contributed by atoms with Crippen LogP contribution in [0, 0.1) is 0 Å². The Kier molecular flexibility index (Phi) is 4.13. The van der Waals surface area contributed by atoms with Gasteiger partial charge < -0.3 is 10.6 Å². The van der Waals surface area contributed by atoms with E-state index in [1.165, 1.54) is 0 Å². The van der Waals surface area contributed by atoms with Crippen LogP contribution in [0.1, 0.15) is 51.5 Å². The summed E-state index contributed by atoms with van der Waals surface area (Å²) in [5, 5.41) is 6.56. The number of anilines is 1. The lowest BCUT2D eigenvalue weighted by Crippen LogP contribution is -2.46. The van der Waals surface area contributed by atoms with Gasteiger partial charge in [-0.3, -0.25) is 4.79 Å². The molecule has 0 radical (unpaired) electrons. The first-order chi connectivity index (χ1) is 9.03. The minimum atomic E-state index is -0.119. The second-order valence-electron chi connectivity index (χ2n) is 5.98. The van der Waals surface area contributed by atoms with Crippen LogP contribution in [0.2, 0.25) is 0 Å². The molecule has 104 valence electrons. The van der Waals surface area contributed by atoms with Gasteiger partial charge in [0.2, 0.25) is 5.91 Å². The summed E-state index contributed by atoms with van der Waals surface area (Å²) >= 11 is 0. The van der Waals surface area contributed by atoms with E-state index in [0.717, 1.165) is 37.1 Å². The molecule has 0 saturated heterocycles. The summed E-state index contributed by atoms with van der Waals surface area (Å²) in [6.45, 7) is 7.21. The normalized spacial score (nSPS) is 18.4. The Morgan fingerprint density at radius 3 is 2.89 bits per heavy atom. The monoisotopic (exact) mass is 260 g/mol. The molecule has 0 bridgehead atoms. The van der Waals surface area contributed by atoms with E-state index >= 15 is 0 Å². The van der Waals surface area contributed by atoms with Crippen LogP contribution in [0.25, 0.3) is 0 Å². The Morgan fingerprint density at radius 2 is 2.16 bits per heavy atom. The van der Waals surface area contributed by atoms with E-state index in [-0.39, 0.29) is 17.4 Å². The van der Waals surface area contributed by atoms with Crippen molar-refractivity contribution in [1.29, 1.82) is 0 Å². The van der Waals surface area contributed by atoms with Gasteiger partial charge in [-0.05, 0) is 38.3 Å². The number of carbonyl (C=O) groups excluding carboxylic acids is 1. The van der Waals surface area contributed by atoms with Crippen molar-refractivity contribution in [1.82, 2.24) is 5.32 Å². The molecule has 0 fully saturated rings. The Labute approximate surface area is 115 Å². The molecule has 1 aromatic carbocycles. The Balaban J connectivity index is 2.13. The fourth-order valence-corrected chi connectivity index (χ4v) is 2.85. The fraction of sp³-hybridized carbons (Fsp3) is 0.562. The predicted molar refractivity (Wildman–Crippen MR) is 79.4 cm³/mol. The second kappa shape index (κ2) is 5.64. The first kappa shape index (κ1) is 13.9. The van der Waals surface area contributed by atoms with Crippen molar-refractivity contribution in [2.24, 2.45) is 0 Å². The van der Waals surface area contributed by atoms with E-state index < -0.39 is 0 Å². The number of amides is 1. The number of benzene rings is 1. The van der Waals surface area contributed by atoms with Crippen LogP contribution in [-0.4, -0.2) is 18.0 Å². The third-order valence-corrected chi connectivity index (χ3v) is 3.74. The molecule has 0 saturated carbocycles. The van der Waals surface area contributed by atoms with Crippen molar-refractivity contribution in [3.8, 4) is 0 Å². The van der Waals surface area contributed by atoms with Gasteiger partial charge in [-0.25, -0.2) is 0 Å². The van der Waals surface area contributed by atoms with E-state index in [9.17, 15) is 4.79 Å². The number of para-hydroxylation sites is 1. The molecule has 19 heavy (non-hydrogen) atoms. The third kappa shape index (κ3) is 3.28. The number of hydrogen-bond acceptors (Lipinski definition) is 2. The van der Waals surface area contributed by atoms with Gasteiger partial charge >= 0.3 is 0 Å². The van der Waals surface area contributed by atoms with E-state index in [1.54, 1.807) is 0 Å². The van der Waals surface area contributed by atoms with Gasteiger partial charge in [0.15, 0.2) is 0 Å². The molecular formula is C16H24N2O. The van der Waals surface area contributed by atoms with Crippen molar-refractivity contribution in [2.75, 3.05) is 11.9 Å². The Morgan fingerprint density at radius 1 is 1.42 bits per heavy atom. The maximum Gasteiger partial charge on any atom is 0.228 e. The first-order valence-corrected chi connectivity index (χ1v) is 7.18. The second-order valence-corrected chi connectivity index (χ2v) is 5.98. The van der Waals surface area contributed by atoms with E-state index in [1.807, 2.05) is 18.2 Å². The van der Waals surface area contributed by atoms with Gasteiger partial charge in [0.05, 0.1) is 5.92 Å². The molecule has 3 heteroatoms. The van der Waals surface area contributed by atoms with Gasteiger partial charge in [0, 0.05) is 17.8 Å². The van der Waals surface area contributed by atoms with Gasteiger partial charge in [0.1, 0.15) is 0 Å². The summed E-state index contributed by atoms with van der Waals surface area (Å²) in [6.07, 6.45) is 2.95. The fourth-order valence-electron chi connectivity index (χ4n) is 2.85. The van der Waals surface area contributed by atoms with Crippen LogP contribution in [0.4, 0.5) is 5.69 Å². The molecule has 0 aliphatic carbocycles. The van der Waals surface area contributed by atoms with Crippen LogP contribution in [0.3, 0.4) is 0 Å². The number of fused-ring (bicyclic) bond motifs is 1. The van der Waals surface area contributed by atoms with Crippen molar-refractivity contribution < 1.29 is 4.79 Å². The highest BCUT2D eigenvalue weighted by Gasteiger charge is 2.29. The number of nitrogens with one attached hydrogen (secondary N) is 2. The molecular weight excluding hydrogens is 236 g/mol. The summed E-state index contributed by atoms with van der Waals surface area (Å²) in [4.78, 5) is 12.5. The number of carbonyl (C=O) groups is 1. The minimum Gasteiger partial charge on any atom is -0.385 e. The topological polar surface area (TPSA) is 41.1 Å². The molecule has 2 rings (SSSR count). The smallest absolute Gasteiger partial charge is 0.228 e. The largest absolute Gasteiger partial charge is 0.385 e. The SMILES string of the molecule is CCCC(C)(C)NC(=O)C1CCNc2ccccc21. The first-order valence-electron chi connectivity index (χ1n) is 7.18. The molecule has 0 aromatic heterocycles. The summed E-state index contributed by atoms with van der Waals surface area (Å²) in [7, 11) is 0. The van der Waals surface area contributed by atoms with Crippen molar-refractivity contribution in [3.05, 3.63) is 29.8 Å². The Bertz CT molecular complexity index is 454. The third-order valence-electron chi connectivity index (χ3n) is 3.74. The van der Waals surface area contributed by atoms with Crippen LogP contribution >= 0.6 is 0 Å². The molecule has 0 spiro atoms. The zero-order valence-electron chi connectivity index (χ0n) is 12.1. The highest BCUT2D eigenvalue weighted by atomic mass is 16.2. The van der Waals surface area contributed by atoms with Crippen LogP contribution in [0.15, 0.2) is 24.3 Å². The zero-order chi connectivity index (χ0) is 13.9. The highest BCUT2D eigenvalue weighted by molar-refractivity contribution is 5.86. The van der Waals surface area contributed by atoms with Crippen molar-refractivity contribution in [2.45, 2.75) is 51.5 Å². The number of hydrogen-bond donors (Lipinski definition) is 2.